The minimum Gasteiger partial charge on any atom is -0.382 e. The molecule has 1 rings (SSSR count). The summed E-state index contributed by atoms with van der Waals surface area (Å²) < 4.78 is 5.38. The number of nitrogens with one attached hydrogen (secondary N) is 1. The van der Waals surface area contributed by atoms with Crippen LogP contribution in [0.15, 0.2) is 0 Å². The smallest absolute Gasteiger partial charge is 0.0471 e. The third-order valence-corrected chi connectivity index (χ3v) is 2.86. The van der Waals surface area contributed by atoms with Gasteiger partial charge in [-0.25, -0.2) is 0 Å². The standard InChI is InChI=1S/C10H21NO/c1-3-12-9-6-10(2)4-7-11-8-5-10/h11H,3-9H2,1-2H3. The number of piperidine rings is 1. The third kappa shape index (κ3) is 3.11. The van der Waals surface area contributed by atoms with Crippen LogP contribution in [0.5, 0.6) is 0 Å². The summed E-state index contributed by atoms with van der Waals surface area (Å²) >= 11 is 0. The lowest BCUT2D eigenvalue weighted by atomic mass is 9.78. The molecular formula is C10H21NO. The Morgan fingerprint density at radius 1 is 1.33 bits per heavy atom. The van der Waals surface area contributed by atoms with Gasteiger partial charge in [-0.05, 0) is 44.7 Å². The van der Waals surface area contributed by atoms with Crippen molar-refractivity contribution in [2.45, 2.75) is 33.1 Å². The Labute approximate surface area is 75.7 Å². The van der Waals surface area contributed by atoms with Gasteiger partial charge in [0.2, 0.25) is 0 Å². The molecule has 2 heteroatoms. The average Bonchev–Trinajstić information content (AvgIpc) is 2.06. The van der Waals surface area contributed by atoms with E-state index in [0.717, 1.165) is 13.2 Å². The van der Waals surface area contributed by atoms with Gasteiger partial charge in [0.1, 0.15) is 0 Å². The zero-order valence-electron chi connectivity index (χ0n) is 8.36. The van der Waals surface area contributed by atoms with Gasteiger partial charge in [0.15, 0.2) is 0 Å². The van der Waals surface area contributed by atoms with Crippen molar-refractivity contribution in [2.24, 2.45) is 5.41 Å². The molecule has 1 saturated heterocycles. The van der Waals surface area contributed by atoms with Crippen LogP contribution in [-0.4, -0.2) is 26.3 Å². The van der Waals surface area contributed by atoms with E-state index < -0.39 is 0 Å². The highest BCUT2D eigenvalue weighted by molar-refractivity contribution is 4.80. The van der Waals surface area contributed by atoms with Crippen molar-refractivity contribution >= 4 is 0 Å². The molecule has 0 aliphatic carbocycles. The van der Waals surface area contributed by atoms with Gasteiger partial charge in [0.25, 0.3) is 0 Å². The highest BCUT2D eigenvalue weighted by atomic mass is 16.5. The van der Waals surface area contributed by atoms with Crippen LogP contribution in [0.3, 0.4) is 0 Å². The van der Waals surface area contributed by atoms with Crippen molar-refractivity contribution in [3.8, 4) is 0 Å². The molecule has 0 radical (unpaired) electrons. The first-order valence-electron chi connectivity index (χ1n) is 5.05. The van der Waals surface area contributed by atoms with E-state index in [0.29, 0.717) is 5.41 Å². The Hall–Kier alpha value is -0.0800. The largest absolute Gasteiger partial charge is 0.382 e. The van der Waals surface area contributed by atoms with Gasteiger partial charge in [-0.3, -0.25) is 0 Å². The van der Waals surface area contributed by atoms with Crippen LogP contribution in [0.25, 0.3) is 0 Å². The van der Waals surface area contributed by atoms with Crippen molar-refractivity contribution in [2.75, 3.05) is 26.3 Å². The van der Waals surface area contributed by atoms with Crippen LogP contribution in [-0.2, 0) is 4.74 Å². The van der Waals surface area contributed by atoms with Crippen LogP contribution in [0.1, 0.15) is 33.1 Å². The quantitative estimate of drug-likeness (QED) is 0.651. The molecule has 0 amide bonds. The molecule has 1 heterocycles. The van der Waals surface area contributed by atoms with Gasteiger partial charge in [0.05, 0.1) is 0 Å². The van der Waals surface area contributed by atoms with E-state index in [1.54, 1.807) is 0 Å². The summed E-state index contributed by atoms with van der Waals surface area (Å²) in [5.74, 6) is 0. The summed E-state index contributed by atoms with van der Waals surface area (Å²) in [5.41, 5.74) is 0.542. The first-order valence-corrected chi connectivity index (χ1v) is 5.05. The number of ether oxygens (including phenoxy) is 1. The van der Waals surface area contributed by atoms with Crippen LogP contribution in [0.2, 0.25) is 0 Å². The van der Waals surface area contributed by atoms with Gasteiger partial charge < -0.3 is 10.1 Å². The first kappa shape index (κ1) is 10.0. The van der Waals surface area contributed by atoms with E-state index in [4.69, 9.17) is 4.74 Å². The molecule has 1 fully saturated rings. The molecule has 0 spiro atoms. The second-order valence-electron chi connectivity index (χ2n) is 4.01. The lowest BCUT2D eigenvalue weighted by molar-refractivity contribution is 0.0938. The Morgan fingerprint density at radius 3 is 2.58 bits per heavy atom. The van der Waals surface area contributed by atoms with Crippen LogP contribution in [0.4, 0.5) is 0 Å². The monoisotopic (exact) mass is 171 g/mol. The van der Waals surface area contributed by atoms with Crippen molar-refractivity contribution < 1.29 is 4.74 Å². The molecular weight excluding hydrogens is 150 g/mol. The fourth-order valence-corrected chi connectivity index (χ4v) is 1.74. The van der Waals surface area contributed by atoms with Gasteiger partial charge in [-0.1, -0.05) is 6.92 Å². The van der Waals surface area contributed by atoms with Crippen LogP contribution in [0, 0.1) is 5.41 Å². The third-order valence-electron chi connectivity index (χ3n) is 2.86. The topological polar surface area (TPSA) is 21.3 Å². The molecule has 0 aromatic heterocycles. The van der Waals surface area contributed by atoms with Gasteiger partial charge in [-0.15, -0.1) is 0 Å². The van der Waals surface area contributed by atoms with E-state index in [1.165, 1.54) is 32.4 Å². The SMILES string of the molecule is CCOCCC1(C)CCNCC1. The van der Waals surface area contributed by atoms with E-state index in [9.17, 15) is 0 Å². The zero-order valence-corrected chi connectivity index (χ0v) is 8.36. The number of rotatable bonds is 4. The van der Waals surface area contributed by atoms with E-state index in [1.807, 2.05) is 0 Å². The molecule has 0 saturated carbocycles. The van der Waals surface area contributed by atoms with Crippen molar-refractivity contribution in [1.29, 1.82) is 0 Å². The van der Waals surface area contributed by atoms with Gasteiger partial charge in [0, 0.05) is 13.2 Å². The average molecular weight is 171 g/mol. The lowest BCUT2D eigenvalue weighted by Crippen LogP contribution is -2.35. The summed E-state index contributed by atoms with van der Waals surface area (Å²) in [6, 6.07) is 0. The van der Waals surface area contributed by atoms with Crippen LogP contribution >= 0.6 is 0 Å². The summed E-state index contributed by atoms with van der Waals surface area (Å²) in [6.07, 6.45) is 3.84. The zero-order chi connectivity index (χ0) is 8.86. The highest BCUT2D eigenvalue weighted by Crippen LogP contribution is 2.31. The molecule has 0 bridgehead atoms. The Kier molecular flexibility index (Phi) is 4.02. The second kappa shape index (κ2) is 4.83. The lowest BCUT2D eigenvalue weighted by Gasteiger charge is -2.33. The maximum atomic E-state index is 5.38. The molecule has 1 aliphatic rings. The normalized spacial score (nSPS) is 22.5. The maximum Gasteiger partial charge on any atom is 0.0471 e. The molecule has 12 heavy (non-hydrogen) atoms. The maximum absolute atomic E-state index is 5.38. The fraction of sp³-hybridized carbons (Fsp3) is 1.00. The molecule has 1 aliphatic heterocycles. The van der Waals surface area contributed by atoms with Gasteiger partial charge >= 0.3 is 0 Å². The molecule has 0 aromatic rings. The molecule has 0 atom stereocenters. The summed E-state index contributed by atoms with van der Waals surface area (Å²) in [6.45, 7) is 8.60. The predicted molar refractivity (Wildman–Crippen MR) is 51.3 cm³/mol. The summed E-state index contributed by atoms with van der Waals surface area (Å²) in [7, 11) is 0. The summed E-state index contributed by atoms with van der Waals surface area (Å²) in [4.78, 5) is 0. The molecule has 0 unspecified atom stereocenters. The minimum absolute atomic E-state index is 0.542. The van der Waals surface area contributed by atoms with E-state index in [2.05, 4.69) is 19.2 Å². The molecule has 2 nitrogen and oxygen atoms in total. The number of hydrogen-bond donors (Lipinski definition) is 1. The first-order chi connectivity index (χ1) is 5.77. The molecule has 0 aromatic carbocycles. The van der Waals surface area contributed by atoms with Crippen molar-refractivity contribution in [1.82, 2.24) is 5.32 Å². The highest BCUT2D eigenvalue weighted by Gasteiger charge is 2.25. The summed E-state index contributed by atoms with van der Waals surface area (Å²) in [5, 5.41) is 3.39. The fourth-order valence-electron chi connectivity index (χ4n) is 1.74. The van der Waals surface area contributed by atoms with Crippen molar-refractivity contribution in [3.05, 3.63) is 0 Å². The van der Waals surface area contributed by atoms with Crippen LogP contribution < -0.4 is 5.32 Å². The van der Waals surface area contributed by atoms with Crippen molar-refractivity contribution in [3.63, 3.8) is 0 Å². The van der Waals surface area contributed by atoms with E-state index >= 15 is 0 Å². The Morgan fingerprint density at radius 2 is 2.00 bits per heavy atom. The Balaban J connectivity index is 2.17. The molecule has 72 valence electrons. The minimum atomic E-state index is 0.542. The second-order valence-corrected chi connectivity index (χ2v) is 4.01. The Bertz CT molecular complexity index is 119. The molecule has 1 N–H and O–H groups in total. The van der Waals surface area contributed by atoms with E-state index in [-0.39, 0.29) is 0 Å². The van der Waals surface area contributed by atoms with Gasteiger partial charge in [-0.2, -0.15) is 0 Å². The number of hydrogen-bond acceptors (Lipinski definition) is 2. The predicted octanol–water partition coefficient (Wildman–Crippen LogP) is 1.80.